The van der Waals surface area contributed by atoms with Gasteiger partial charge >= 0.3 is 0 Å². The summed E-state index contributed by atoms with van der Waals surface area (Å²) < 4.78 is 0. The van der Waals surface area contributed by atoms with Crippen LogP contribution in [0.2, 0.25) is 15.1 Å². The number of anilines is 1. The van der Waals surface area contributed by atoms with Gasteiger partial charge in [-0.3, -0.25) is 9.69 Å². The van der Waals surface area contributed by atoms with Gasteiger partial charge < -0.3 is 5.32 Å². The minimum Gasteiger partial charge on any atom is -0.324 e. The quantitative estimate of drug-likeness (QED) is 0.736. The number of hydrogen-bond acceptors (Lipinski definition) is 3. The molecule has 2 rings (SSSR count). The number of likely N-dealkylation sites (N-methyl/N-ethyl adjacent to an activating group) is 1. The fourth-order valence-corrected chi connectivity index (χ4v) is 3.50. The van der Waals surface area contributed by atoms with Crippen LogP contribution in [0.1, 0.15) is 10.4 Å². The lowest BCUT2D eigenvalue weighted by molar-refractivity contribution is -0.117. The Labute approximate surface area is 148 Å². The molecule has 0 aliphatic heterocycles. The molecule has 1 heterocycles. The Morgan fingerprint density at radius 3 is 2.55 bits per heavy atom. The SMILES string of the molecule is Cc1ccsc1CN(C)CC(=O)Nc1cc(Cl)c(Cl)cc1Cl. The first kappa shape index (κ1) is 17.6. The molecule has 1 aromatic carbocycles. The molecule has 0 fully saturated rings. The van der Waals surface area contributed by atoms with Crippen LogP contribution in [0.4, 0.5) is 5.69 Å². The van der Waals surface area contributed by atoms with E-state index in [-0.39, 0.29) is 12.5 Å². The predicted molar refractivity (Wildman–Crippen MR) is 95.5 cm³/mol. The average Bonchev–Trinajstić information content (AvgIpc) is 2.81. The number of aryl methyl sites for hydroxylation is 1. The first-order valence-corrected chi connectivity index (χ1v) is 8.54. The van der Waals surface area contributed by atoms with Gasteiger partial charge in [0.2, 0.25) is 5.91 Å². The van der Waals surface area contributed by atoms with E-state index in [4.69, 9.17) is 34.8 Å². The maximum atomic E-state index is 12.1. The van der Waals surface area contributed by atoms with Crippen LogP contribution in [-0.4, -0.2) is 24.4 Å². The Morgan fingerprint density at radius 1 is 1.23 bits per heavy atom. The normalized spacial score (nSPS) is 11.0. The molecule has 1 N–H and O–H groups in total. The molecular formula is C15H15Cl3N2OS. The molecule has 7 heteroatoms. The minimum atomic E-state index is -0.156. The minimum absolute atomic E-state index is 0.156. The van der Waals surface area contributed by atoms with Crippen molar-refractivity contribution in [3.05, 3.63) is 49.1 Å². The molecule has 0 saturated carbocycles. The maximum absolute atomic E-state index is 12.1. The molecule has 118 valence electrons. The summed E-state index contributed by atoms with van der Waals surface area (Å²) in [6, 6.07) is 5.14. The molecule has 0 aliphatic rings. The van der Waals surface area contributed by atoms with Gasteiger partial charge in [0.1, 0.15) is 0 Å². The standard InChI is InChI=1S/C15H15Cl3N2OS/c1-9-3-4-22-14(9)7-20(2)8-15(21)19-13-6-11(17)10(16)5-12(13)18/h3-6H,7-8H2,1-2H3,(H,19,21). The molecule has 0 bridgehead atoms. The van der Waals surface area contributed by atoms with Crippen molar-refractivity contribution in [3.8, 4) is 0 Å². The summed E-state index contributed by atoms with van der Waals surface area (Å²) in [7, 11) is 1.90. The third-order valence-corrected chi connectivity index (χ3v) is 5.12. The number of carbonyl (C=O) groups excluding carboxylic acids is 1. The van der Waals surface area contributed by atoms with Crippen LogP contribution in [0.3, 0.4) is 0 Å². The molecule has 0 aliphatic carbocycles. The third kappa shape index (κ3) is 4.61. The summed E-state index contributed by atoms with van der Waals surface area (Å²) in [5.74, 6) is -0.156. The van der Waals surface area contributed by atoms with Crippen molar-refractivity contribution < 1.29 is 4.79 Å². The van der Waals surface area contributed by atoms with Crippen LogP contribution < -0.4 is 5.32 Å². The summed E-state index contributed by atoms with van der Waals surface area (Å²) in [5, 5.41) is 5.87. The van der Waals surface area contributed by atoms with Gasteiger partial charge in [-0.15, -0.1) is 11.3 Å². The topological polar surface area (TPSA) is 32.3 Å². The Hall–Kier alpha value is -0.780. The Kier molecular flexibility index (Phi) is 6.12. The van der Waals surface area contributed by atoms with E-state index >= 15 is 0 Å². The van der Waals surface area contributed by atoms with Crippen molar-refractivity contribution >= 4 is 57.7 Å². The average molecular weight is 378 g/mol. The van der Waals surface area contributed by atoms with Gasteiger partial charge in [0, 0.05) is 11.4 Å². The third-order valence-electron chi connectivity index (χ3n) is 3.08. The van der Waals surface area contributed by atoms with Crippen LogP contribution in [0.25, 0.3) is 0 Å². The Balaban J connectivity index is 1.95. The highest BCUT2D eigenvalue weighted by molar-refractivity contribution is 7.10. The van der Waals surface area contributed by atoms with Gasteiger partial charge in [0.25, 0.3) is 0 Å². The van der Waals surface area contributed by atoms with E-state index in [1.54, 1.807) is 17.4 Å². The lowest BCUT2D eigenvalue weighted by Crippen LogP contribution is -2.29. The predicted octanol–water partition coefficient (Wildman–Crippen LogP) is 5.09. The van der Waals surface area contributed by atoms with Crippen LogP contribution in [-0.2, 0) is 11.3 Å². The van der Waals surface area contributed by atoms with Crippen molar-refractivity contribution in [2.75, 3.05) is 18.9 Å². The smallest absolute Gasteiger partial charge is 0.238 e. The lowest BCUT2D eigenvalue weighted by Gasteiger charge is -2.16. The molecule has 0 atom stereocenters. The second-order valence-electron chi connectivity index (χ2n) is 4.99. The number of carbonyl (C=O) groups is 1. The van der Waals surface area contributed by atoms with Gasteiger partial charge in [-0.25, -0.2) is 0 Å². The van der Waals surface area contributed by atoms with Gasteiger partial charge in [-0.05, 0) is 43.1 Å². The van der Waals surface area contributed by atoms with E-state index in [1.807, 2.05) is 17.3 Å². The van der Waals surface area contributed by atoms with Gasteiger partial charge in [-0.2, -0.15) is 0 Å². The number of hydrogen-bond donors (Lipinski definition) is 1. The van der Waals surface area contributed by atoms with E-state index in [9.17, 15) is 4.79 Å². The highest BCUT2D eigenvalue weighted by Crippen LogP contribution is 2.32. The monoisotopic (exact) mass is 376 g/mol. The molecule has 0 saturated heterocycles. The zero-order chi connectivity index (χ0) is 16.3. The zero-order valence-corrected chi connectivity index (χ0v) is 15.2. The lowest BCUT2D eigenvalue weighted by atomic mass is 10.3. The van der Waals surface area contributed by atoms with Crippen LogP contribution in [0.15, 0.2) is 23.6 Å². The second-order valence-corrected chi connectivity index (χ2v) is 7.22. The molecule has 1 amide bonds. The van der Waals surface area contributed by atoms with E-state index in [0.717, 1.165) is 6.54 Å². The summed E-state index contributed by atoms with van der Waals surface area (Å²) >= 11 is 19.5. The van der Waals surface area contributed by atoms with Crippen LogP contribution in [0.5, 0.6) is 0 Å². The summed E-state index contributed by atoms with van der Waals surface area (Å²) in [5.41, 5.74) is 1.70. The fraction of sp³-hybridized carbons (Fsp3) is 0.267. The van der Waals surface area contributed by atoms with Crippen LogP contribution >= 0.6 is 46.1 Å². The van der Waals surface area contributed by atoms with Gasteiger partial charge in [-0.1, -0.05) is 34.8 Å². The number of nitrogens with zero attached hydrogens (tertiary/aromatic N) is 1. The number of nitrogens with one attached hydrogen (secondary N) is 1. The van der Waals surface area contributed by atoms with Crippen LogP contribution in [0, 0.1) is 6.92 Å². The largest absolute Gasteiger partial charge is 0.324 e. The van der Waals surface area contributed by atoms with Crippen molar-refractivity contribution in [2.24, 2.45) is 0 Å². The molecule has 2 aromatic rings. The molecule has 0 radical (unpaired) electrons. The second kappa shape index (κ2) is 7.66. The summed E-state index contributed by atoms with van der Waals surface area (Å²) in [6.07, 6.45) is 0. The zero-order valence-electron chi connectivity index (χ0n) is 12.1. The summed E-state index contributed by atoms with van der Waals surface area (Å²) in [6.45, 7) is 3.05. The van der Waals surface area contributed by atoms with E-state index in [1.165, 1.54) is 16.5 Å². The Morgan fingerprint density at radius 2 is 1.91 bits per heavy atom. The van der Waals surface area contributed by atoms with E-state index in [0.29, 0.717) is 20.8 Å². The molecular weight excluding hydrogens is 363 g/mol. The molecule has 0 spiro atoms. The number of benzene rings is 1. The van der Waals surface area contributed by atoms with E-state index < -0.39 is 0 Å². The maximum Gasteiger partial charge on any atom is 0.238 e. The van der Waals surface area contributed by atoms with Crippen molar-refractivity contribution in [2.45, 2.75) is 13.5 Å². The van der Waals surface area contributed by atoms with Crippen molar-refractivity contribution in [3.63, 3.8) is 0 Å². The summed E-state index contributed by atoms with van der Waals surface area (Å²) in [4.78, 5) is 15.3. The molecule has 22 heavy (non-hydrogen) atoms. The highest BCUT2D eigenvalue weighted by atomic mass is 35.5. The highest BCUT2D eigenvalue weighted by Gasteiger charge is 2.12. The molecule has 0 unspecified atom stereocenters. The Bertz CT molecular complexity index is 687. The number of thiophene rings is 1. The van der Waals surface area contributed by atoms with Gasteiger partial charge in [0.05, 0.1) is 27.3 Å². The first-order chi connectivity index (χ1) is 10.4. The fourth-order valence-electron chi connectivity index (χ4n) is 1.92. The molecule has 3 nitrogen and oxygen atoms in total. The van der Waals surface area contributed by atoms with Gasteiger partial charge in [0.15, 0.2) is 0 Å². The van der Waals surface area contributed by atoms with Crippen molar-refractivity contribution in [1.29, 1.82) is 0 Å². The van der Waals surface area contributed by atoms with Crippen molar-refractivity contribution in [1.82, 2.24) is 4.90 Å². The first-order valence-electron chi connectivity index (χ1n) is 6.52. The number of halogens is 3. The van der Waals surface area contributed by atoms with E-state index in [2.05, 4.69) is 18.3 Å². The number of rotatable bonds is 5. The molecule has 1 aromatic heterocycles. The number of amides is 1.